The number of hydrogen-bond acceptors (Lipinski definition) is 2. The van der Waals surface area contributed by atoms with Gasteiger partial charge in [0.25, 0.3) is 0 Å². The average Bonchev–Trinajstić information content (AvgIpc) is 2.78. The fraction of sp³-hybridized carbons (Fsp3) is 0.231. The maximum absolute atomic E-state index is 10.6. The highest BCUT2D eigenvalue weighted by Crippen LogP contribution is 2.21. The number of carbonyl (C=O) groups excluding carboxylic acids is 1. The van der Waals surface area contributed by atoms with Crippen molar-refractivity contribution < 1.29 is 4.79 Å². The Morgan fingerprint density at radius 1 is 1.19 bits per heavy atom. The Bertz CT molecular complexity index is 483. The number of rotatable bonds is 3. The number of aromatic nitrogens is 2. The van der Waals surface area contributed by atoms with E-state index in [0.717, 1.165) is 17.5 Å². The van der Waals surface area contributed by atoms with Crippen LogP contribution in [0.25, 0.3) is 11.3 Å². The van der Waals surface area contributed by atoms with Gasteiger partial charge in [-0.2, -0.15) is 5.10 Å². The number of benzene rings is 1. The van der Waals surface area contributed by atoms with Crippen LogP contribution in [0, 0.1) is 0 Å². The van der Waals surface area contributed by atoms with E-state index in [1.54, 1.807) is 6.20 Å². The summed E-state index contributed by atoms with van der Waals surface area (Å²) in [6.45, 7) is 4.19. The monoisotopic (exact) mass is 214 g/mol. The molecular weight excluding hydrogens is 200 g/mol. The second-order valence-electron chi connectivity index (χ2n) is 3.99. The van der Waals surface area contributed by atoms with Crippen molar-refractivity contribution in [3.8, 4) is 11.3 Å². The molecule has 0 amide bonds. The quantitative estimate of drug-likeness (QED) is 0.736. The first-order chi connectivity index (χ1) is 7.72. The number of nitrogens with zero attached hydrogens (tertiary/aromatic N) is 2. The molecule has 3 nitrogen and oxygen atoms in total. The fourth-order valence-electron chi connectivity index (χ4n) is 1.69. The van der Waals surface area contributed by atoms with Gasteiger partial charge in [0.05, 0.1) is 5.69 Å². The van der Waals surface area contributed by atoms with E-state index in [4.69, 9.17) is 0 Å². The van der Waals surface area contributed by atoms with Gasteiger partial charge in [-0.1, -0.05) is 24.3 Å². The summed E-state index contributed by atoms with van der Waals surface area (Å²) in [5.41, 5.74) is 2.85. The smallest absolute Gasteiger partial charge is 0.150 e. The van der Waals surface area contributed by atoms with Crippen LogP contribution in [0.4, 0.5) is 0 Å². The Morgan fingerprint density at radius 3 is 2.44 bits per heavy atom. The molecule has 3 heteroatoms. The summed E-state index contributed by atoms with van der Waals surface area (Å²) in [6, 6.07) is 9.84. The molecule has 0 unspecified atom stereocenters. The van der Waals surface area contributed by atoms with E-state index in [0.29, 0.717) is 11.6 Å². The van der Waals surface area contributed by atoms with Gasteiger partial charge in [0.2, 0.25) is 0 Å². The minimum absolute atomic E-state index is 0.329. The first-order valence-corrected chi connectivity index (χ1v) is 5.31. The number of aldehydes is 1. The van der Waals surface area contributed by atoms with Gasteiger partial charge < -0.3 is 0 Å². The summed E-state index contributed by atoms with van der Waals surface area (Å²) in [5.74, 6) is 0. The second-order valence-corrected chi connectivity index (χ2v) is 3.99. The molecule has 0 spiro atoms. The maximum atomic E-state index is 10.6. The third-order valence-electron chi connectivity index (χ3n) is 2.50. The van der Waals surface area contributed by atoms with Crippen LogP contribution in [0.3, 0.4) is 0 Å². The van der Waals surface area contributed by atoms with Crippen molar-refractivity contribution in [3.05, 3.63) is 42.1 Å². The Morgan fingerprint density at radius 2 is 1.88 bits per heavy atom. The summed E-state index contributed by atoms with van der Waals surface area (Å²) in [6.07, 6.45) is 2.65. The predicted octanol–water partition coefficient (Wildman–Crippen LogP) is 2.94. The average molecular weight is 214 g/mol. The van der Waals surface area contributed by atoms with E-state index in [2.05, 4.69) is 18.9 Å². The minimum Gasteiger partial charge on any atom is -0.298 e. The van der Waals surface area contributed by atoms with Crippen molar-refractivity contribution in [1.29, 1.82) is 0 Å². The van der Waals surface area contributed by atoms with E-state index in [1.807, 2.05) is 35.0 Å². The predicted molar refractivity (Wildman–Crippen MR) is 63.4 cm³/mol. The number of hydrogen-bond donors (Lipinski definition) is 0. The minimum atomic E-state index is 0.329. The SMILES string of the molecule is CC(C)n1nccc1-c1ccc(C=O)cc1. The summed E-state index contributed by atoms with van der Waals surface area (Å²) < 4.78 is 1.97. The Hall–Kier alpha value is -1.90. The first kappa shape index (κ1) is 10.6. The molecule has 1 heterocycles. The lowest BCUT2D eigenvalue weighted by atomic mass is 10.1. The van der Waals surface area contributed by atoms with Crippen LogP contribution >= 0.6 is 0 Å². The zero-order chi connectivity index (χ0) is 11.5. The van der Waals surface area contributed by atoms with Gasteiger partial charge in [0.15, 0.2) is 0 Å². The molecule has 0 atom stereocenters. The molecule has 0 N–H and O–H groups in total. The summed E-state index contributed by atoms with van der Waals surface area (Å²) in [7, 11) is 0. The van der Waals surface area contributed by atoms with Crippen LogP contribution in [-0.4, -0.2) is 16.1 Å². The van der Waals surface area contributed by atoms with Crippen LogP contribution in [0.15, 0.2) is 36.5 Å². The lowest BCUT2D eigenvalue weighted by Gasteiger charge is -2.10. The van der Waals surface area contributed by atoms with Crippen LogP contribution in [0.1, 0.15) is 30.2 Å². The zero-order valence-electron chi connectivity index (χ0n) is 9.42. The third kappa shape index (κ3) is 1.89. The van der Waals surface area contributed by atoms with Crippen LogP contribution < -0.4 is 0 Å². The summed E-state index contributed by atoms with van der Waals surface area (Å²) >= 11 is 0. The Labute approximate surface area is 94.7 Å². The Kier molecular flexibility index (Phi) is 2.86. The van der Waals surface area contributed by atoms with Gasteiger partial charge in [-0.15, -0.1) is 0 Å². The molecule has 0 saturated carbocycles. The molecule has 0 aliphatic heterocycles. The molecular formula is C13H14N2O. The highest BCUT2D eigenvalue weighted by atomic mass is 16.1. The van der Waals surface area contributed by atoms with E-state index >= 15 is 0 Å². The lowest BCUT2D eigenvalue weighted by Crippen LogP contribution is -2.04. The highest BCUT2D eigenvalue weighted by molar-refractivity contribution is 5.76. The fourth-order valence-corrected chi connectivity index (χ4v) is 1.69. The van der Waals surface area contributed by atoms with E-state index in [-0.39, 0.29) is 0 Å². The standard InChI is InChI=1S/C13H14N2O/c1-10(2)15-13(7-8-14-15)12-5-3-11(9-16)4-6-12/h3-10H,1-2H3. The van der Waals surface area contributed by atoms with Gasteiger partial charge in [0.1, 0.15) is 6.29 Å². The molecule has 0 radical (unpaired) electrons. The van der Waals surface area contributed by atoms with Crippen LogP contribution in [-0.2, 0) is 0 Å². The normalized spacial score (nSPS) is 10.7. The molecule has 0 saturated heterocycles. The van der Waals surface area contributed by atoms with Gasteiger partial charge >= 0.3 is 0 Å². The molecule has 0 aliphatic rings. The van der Waals surface area contributed by atoms with Crippen molar-refractivity contribution >= 4 is 6.29 Å². The highest BCUT2D eigenvalue weighted by Gasteiger charge is 2.07. The van der Waals surface area contributed by atoms with E-state index in [9.17, 15) is 4.79 Å². The van der Waals surface area contributed by atoms with Crippen LogP contribution in [0.2, 0.25) is 0 Å². The topological polar surface area (TPSA) is 34.9 Å². The van der Waals surface area contributed by atoms with E-state index < -0.39 is 0 Å². The zero-order valence-corrected chi connectivity index (χ0v) is 9.42. The summed E-state index contributed by atoms with van der Waals surface area (Å²) in [4.78, 5) is 10.6. The van der Waals surface area contributed by atoms with Crippen molar-refractivity contribution in [2.24, 2.45) is 0 Å². The van der Waals surface area contributed by atoms with Crippen molar-refractivity contribution in [2.45, 2.75) is 19.9 Å². The number of carbonyl (C=O) groups is 1. The van der Waals surface area contributed by atoms with Gasteiger partial charge in [-0.3, -0.25) is 9.48 Å². The molecule has 2 rings (SSSR count). The molecule has 82 valence electrons. The van der Waals surface area contributed by atoms with Gasteiger partial charge in [-0.25, -0.2) is 0 Å². The second kappa shape index (κ2) is 4.31. The maximum Gasteiger partial charge on any atom is 0.150 e. The molecule has 0 fully saturated rings. The van der Waals surface area contributed by atoms with Crippen molar-refractivity contribution in [1.82, 2.24) is 9.78 Å². The largest absolute Gasteiger partial charge is 0.298 e. The Balaban J connectivity index is 2.42. The molecule has 0 aliphatic carbocycles. The van der Waals surface area contributed by atoms with Crippen molar-refractivity contribution in [2.75, 3.05) is 0 Å². The molecule has 2 aromatic rings. The van der Waals surface area contributed by atoms with Crippen LogP contribution in [0.5, 0.6) is 0 Å². The van der Waals surface area contributed by atoms with Crippen molar-refractivity contribution in [3.63, 3.8) is 0 Å². The molecule has 1 aromatic heterocycles. The first-order valence-electron chi connectivity index (χ1n) is 5.31. The molecule has 1 aromatic carbocycles. The lowest BCUT2D eigenvalue weighted by molar-refractivity contribution is 0.112. The van der Waals surface area contributed by atoms with E-state index in [1.165, 1.54) is 0 Å². The summed E-state index contributed by atoms with van der Waals surface area (Å²) in [5, 5.41) is 4.28. The molecule has 0 bridgehead atoms. The van der Waals surface area contributed by atoms with Gasteiger partial charge in [0, 0.05) is 17.8 Å². The third-order valence-corrected chi connectivity index (χ3v) is 2.50. The van der Waals surface area contributed by atoms with Gasteiger partial charge in [-0.05, 0) is 25.5 Å². The molecule has 16 heavy (non-hydrogen) atoms.